The van der Waals surface area contributed by atoms with Crippen molar-refractivity contribution in [3.8, 4) is 11.5 Å². The summed E-state index contributed by atoms with van der Waals surface area (Å²) in [5.41, 5.74) is 2.75. The van der Waals surface area contributed by atoms with Gasteiger partial charge in [-0.05, 0) is 60.2 Å². The number of amides is 3. The van der Waals surface area contributed by atoms with E-state index in [1.165, 1.54) is 0 Å². The van der Waals surface area contributed by atoms with E-state index in [0.29, 0.717) is 49.8 Å². The van der Waals surface area contributed by atoms with E-state index in [1.807, 2.05) is 66.9 Å². The molecule has 0 saturated heterocycles. The van der Waals surface area contributed by atoms with E-state index >= 15 is 0 Å². The molecule has 1 aliphatic rings. The monoisotopic (exact) mass is 509 g/mol. The second-order valence-electron chi connectivity index (χ2n) is 8.53. The topological polar surface area (TPSA) is 80.3 Å². The maximum atomic E-state index is 13.6. The fraction of sp³-hybridized carbons (Fsp3) is 0.333. The highest BCUT2D eigenvalue weighted by molar-refractivity contribution is 7.10. The second-order valence-corrected chi connectivity index (χ2v) is 9.53. The normalized spacial score (nSPS) is 11.8. The lowest BCUT2D eigenvalue weighted by atomic mass is 10.1. The zero-order chi connectivity index (χ0) is 25.3. The molecule has 0 unspecified atom stereocenters. The Morgan fingerprint density at radius 1 is 1.03 bits per heavy atom. The first kappa shape index (κ1) is 25.5. The molecule has 0 radical (unpaired) electrons. The van der Waals surface area contributed by atoms with Gasteiger partial charge in [0.1, 0.15) is 6.54 Å². The number of carbonyl (C=O) groups is 2. The average molecular weight is 510 g/mol. The van der Waals surface area contributed by atoms with Crippen LogP contribution in [0.4, 0.5) is 10.5 Å². The summed E-state index contributed by atoms with van der Waals surface area (Å²) in [5, 5.41) is 4.92. The van der Waals surface area contributed by atoms with Gasteiger partial charge >= 0.3 is 6.03 Å². The van der Waals surface area contributed by atoms with Gasteiger partial charge in [-0.2, -0.15) is 0 Å². The van der Waals surface area contributed by atoms with E-state index in [2.05, 4.69) is 5.32 Å². The number of nitrogens with one attached hydrogen (secondary N) is 1. The van der Waals surface area contributed by atoms with E-state index in [0.717, 1.165) is 16.0 Å². The van der Waals surface area contributed by atoms with E-state index < -0.39 is 0 Å². The molecule has 9 heteroatoms. The van der Waals surface area contributed by atoms with Crippen molar-refractivity contribution in [1.29, 1.82) is 0 Å². The van der Waals surface area contributed by atoms with E-state index in [1.54, 1.807) is 28.2 Å². The first-order valence-electron chi connectivity index (χ1n) is 11.8. The Balaban J connectivity index is 1.51. The van der Waals surface area contributed by atoms with Gasteiger partial charge in [-0.3, -0.25) is 4.79 Å². The quantitative estimate of drug-likeness (QED) is 0.373. The second kappa shape index (κ2) is 12.4. The summed E-state index contributed by atoms with van der Waals surface area (Å²) in [6.07, 6.45) is 0.623. The number of nitrogens with zero attached hydrogens (tertiary/aromatic N) is 2. The Bertz CT molecular complexity index is 1170. The zero-order valence-corrected chi connectivity index (χ0v) is 21.4. The molecule has 2 aromatic carbocycles. The number of fused-ring (bicyclic) bond motifs is 1. The van der Waals surface area contributed by atoms with Crippen molar-refractivity contribution >= 4 is 29.0 Å². The Hall–Kier alpha value is -3.56. The SMILES string of the molecule is COCCCN(CC(=O)N(Cc1ccc2c(c1)OCO2)Cc1sccc1C)C(=O)Nc1ccccc1. The molecule has 2 heterocycles. The van der Waals surface area contributed by atoms with Gasteiger partial charge in [-0.1, -0.05) is 24.3 Å². The number of para-hydroxylation sites is 1. The zero-order valence-electron chi connectivity index (χ0n) is 20.6. The number of rotatable bonds is 11. The molecule has 3 aromatic rings. The van der Waals surface area contributed by atoms with Crippen molar-refractivity contribution in [2.24, 2.45) is 0 Å². The molecule has 4 rings (SSSR count). The lowest BCUT2D eigenvalue weighted by Gasteiger charge is -2.28. The third kappa shape index (κ3) is 6.77. The highest BCUT2D eigenvalue weighted by atomic mass is 32.1. The average Bonchev–Trinajstić information content (AvgIpc) is 3.52. The number of anilines is 1. The van der Waals surface area contributed by atoms with E-state index in [4.69, 9.17) is 14.2 Å². The van der Waals surface area contributed by atoms with Crippen molar-refractivity contribution in [3.05, 3.63) is 76.0 Å². The number of urea groups is 1. The van der Waals surface area contributed by atoms with Crippen LogP contribution in [0.2, 0.25) is 0 Å². The minimum atomic E-state index is -0.319. The summed E-state index contributed by atoms with van der Waals surface area (Å²) in [5.74, 6) is 1.24. The number of aryl methyl sites for hydroxylation is 1. The van der Waals surface area contributed by atoms with E-state index in [9.17, 15) is 9.59 Å². The fourth-order valence-electron chi connectivity index (χ4n) is 3.87. The van der Waals surface area contributed by atoms with Crippen LogP contribution in [0.1, 0.15) is 22.4 Å². The molecular weight excluding hydrogens is 478 g/mol. The van der Waals surface area contributed by atoms with Gasteiger partial charge in [-0.25, -0.2) is 4.79 Å². The number of carbonyl (C=O) groups excluding carboxylic acids is 2. The Morgan fingerprint density at radius 2 is 1.83 bits per heavy atom. The van der Waals surface area contributed by atoms with Crippen LogP contribution in [0.25, 0.3) is 0 Å². The fourth-order valence-corrected chi connectivity index (χ4v) is 4.79. The van der Waals surface area contributed by atoms with Crippen molar-refractivity contribution in [2.45, 2.75) is 26.4 Å². The maximum absolute atomic E-state index is 13.6. The van der Waals surface area contributed by atoms with Gasteiger partial charge in [-0.15, -0.1) is 11.3 Å². The van der Waals surface area contributed by atoms with Gasteiger partial charge in [0.25, 0.3) is 0 Å². The molecule has 0 bridgehead atoms. The predicted molar refractivity (Wildman–Crippen MR) is 139 cm³/mol. The molecule has 0 atom stereocenters. The minimum absolute atomic E-state index is 0.0443. The smallest absolute Gasteiger partial charge is 0.322 e. The van der Waals surface area contributed by atoms with Gasteiger partial charge in [0.15, 0.2) is 11.5 Å². The summed E-state index contributed by atoms with van der Waals surface area (Å²) in [6, 6.07) is 16.7. The molecule has 1 N–H and O–H groups in total. The van der Waals surface area contributed by atoms with Crippen LogP contribution in [0, 0.1) is 6.92 Å². The molecule has 36 heavy (non-hydrogen) atoms. The lowest BCUT2D eigenvalue weighted by Crippen LogP contribution is -2.44. The predicted octanol–water partition coefficient (Wildman–Crippen LogP) is 4.88. The summed E-state index contributed by atoms with van der Waals surface area (Å²) in [4.78, 5) is 31.2. The molecule has 0 aliphatic carbocycles. The van der Waals surface area contributed by atoms with E-state index in [-0.39, 0.29) is 25.3 Å². The number of methoxy groups -OCH3 is 1. The van der Waals surface area contributed by atoms with Crippen LogP contribution < -0.4 is 14.8 Å². The Kier molecular flexibility index (Phi) is 8.80. The molecule has 1 aliphatic heterocycles. The molecule has 0 fully saturated rings. The molecule has 190 valence electrons. The van der Waals surface area contributed by atoms with Crippen LogP contribution in [-0.2, 0) is 22.6 Å². The molecule has 8 nitrogen and oxygen atoms in total. The van der Waals surface area contributed by atoms with Crippen molar-refractivity contribution in [3.63, 3.8) is 0 Å². The standard InChI is InChI=1S/C27H31N3O5S/c1-20-11-14-36-25(20)17-30(16-21-9-10-23-24(15-21)35-19-34-23)26(31)18-29(12-6-13-33-2)27(32)28-22-7-4-3-5-8-22/h3-5,7-11,14-15H,6,12-13,16-19H2,1-2H3,(H,28,32). The molecule has 1 aromatic heterocycles. The lowest BCUT2D eigenvalue weighted by molar-refractivity contribution is -0.133. The van der Waals surface area contributed by atoms with Crippen LogP contribution >= 0.6 is 11.3 Å². The molecular formula is C27H31N3O5S. The van der Waals surface area contributed by atoms with Crippen LogP contribution in [0.15, 0.2) is 60.0 Å². The first-order valence-corrected chi connectivity index (χ1v) is 12.7. The van der Waals surface area contributed by atoms with Gasteiger partial charge in [0.05, 0.1) is 6.54 Å². The number of hydrogen-bond acceptors (Lipinski definition) is 6. The van der Waals surface area contributed by atoms with Crippen LogP contribution in [-0.4, -0.2) is 55.3 Å². The Labute approximate surface area is 215 Å². The summed E-state index contributed by atoms with van der Waals surface area (Å²) in [7, 11) is 1.62. The summed E-state index contributed by atoms with van der Waals surface area (Å²) in [6.45, 7) is 3.94. The Morgan fingerprint density at radius 3 is 2.58 bits per heavy atom. The van der Waals surface area contributed by atoms with Crippen molar-refractivity contribution < 1.29 is 23.8 Å². The van der Waals surface area contributed by atoms with Crippen LogP contribution in [0.5, 0.6) is 11.5 Å². The minimum Gasteiger partial charge on any atom is -0.454 e. The highest BCUT2D eigenvalue weighted by Gasteiger charge is 2.23. The third-order valence-corrected chi connectivity index (χ3v) is 6.89. The third-order valence-electron chi connectivity index (χ3n) is 5.88. The van der Waals surface area contributed by atoms with Crippen molar-refractivity contribution in [1.82, 2.24) is 9.80 Å². The maximum Gasteiger partial charge on any atom is 0.322 e. The summed E-state index contributed by atoms with van der Waals surface area (Å²) >= 11 is 1.62. The van der Waals surface area contributed by atoms with Crippen molar-refractivity contribution in [2.75, 3.05) is 38.9 Å². The largest absolute Gasteiger partial charge is 0.454 e. The molecule has 0 saturated carbocycles. The summed E-state index contributed by atoms with van der Waals surface area (Å²) < 4.78 is 16.1. The highest BCUT2D eigenvalue weighted by Crippen LogP contribution is 2.33. The van der Waals surface area contributed by atoms with Crippen LogP contribution in [0.3, 0.4) is 0 Å². The number of thiophene rings is 1. The first-order chi connectivity index (χ1) is 17.5. The van der Waals surface area contributed by atoms with Gasteiger partial charge < -0.3 is 29.3 Å². The number of ether oxygens (including phenoxy) is 3. The van der Waals surface area contributed by atoms with Gasteiger partial charge in [0.2, 0.25) is 12.7 Å². The molecule has 3 amide bonds. The number of hydrogen-bond donors (Lipinski definition) is 1. The number of benzene rings is 2. The van der Waals surface area contributed by atoms with Gasteiger partial charge in [0, 0.05) is 37.4 Å². The molecule has 0 spiro atoms.